The van der Waals surface area contributed by atoms with Gasteiger partial charge in [0.25, 0.3) is 5.91 Å². The van der Waals surface area contributed by atoms with E-state index >= 15 is 0 Å². The third-order valence-corrected chi connectivity index (χ3v) is 5.15. The van der Waals surface area contributed by atoms with Gasteiger partial charge in [0, 0.05) is 5.56 Å². The van der Waals surface area contributed by atoms with Gasteiger partial charge in [0.15, 0.2) is 5.82 Å². The number of ether oxygens (including phenoxy) is 1. The standard InChI is InChI=1S/C22H15Cl2FN4O2/c1-31-19-5-3-2-4-18(19)26-22(30)20-27-21(13-6-8-14(25)9-7-13)29(28-20)15-10-11-16(23)17(24)12-15/h2-12H,1H3,(H,26,30). The van der Waals surface area contributed by atoms with Crippen LogP contribution in [-0.4, -0.2) is 27.8 Å². The van der Waals surface area contributed by atoms with Crippen LogP contribution in [0.4, 0.5) is 10.1 Å². The molecule has 0 saturated carbocycles. The second-order valence-electron chi connectivity index (χ2n) is 6.43. The highest BCUT2D eigenvalue weighted by Gasteiger charge is 2.20. The summed E-state index contributed by atoms with van der Waals surface area (Å²) in [6.45, 7) is 0. The second-order valence-corrected chi connectivity index (χ2v) is 7.24. The van der Waals surface area contributed by atoms with E-state index in [0.29, 0.717) is 38.6 Å². The predicted molar refractivity (Wildman–Crippen MR) is 118 cm³/mol. The Kier molecular flexibility index (Phi) is 5.88. The highest BCUT2D eigenvalue weighted by Crippen LogP contribution is 2.28. The highest BCUT2D eigenvalue weighted by molar-refractivity contribution is 6.42. The maximum Gasteiger partial charge on any atom is 0.295 e. The summed E-state index contributed by atoms with van der Waals surface area (Å²) in [6.07, 6.45) is 0. The Morgan fingerprint density at radius 3 is 2.48 bits per heavy atom. The maximum atomic E-state index is 13.4. The first-order valence-electron chi connectivity index (χ1n) is 9.09. The van der Waals surface area contributed by atoms with Gasteiger partial charge in [0.05, 0.1) is 28.5 Å². The molecule has 9 heteroatoms. The van der Waals surface area contributed by atoms with Gasteiger partial charge in [0.1, 0.15) is 11.6 Å². The molecule has 0 aliphatic carbocycles. The molecule has 0 aliphatic rings. The summed E-state index contributed by atoms with van der Waals surface area (Å²) in [5.41, 5.74) is 1.58. The van der Waals surface area contributed by atoms with Gasteiger partial charge in [-0.2, -0.15) is 0 Å². The molecule has 1 amide bonds. The second kappa shape index (κ2) is 8.75. The van der Waals surface area contributed by atoms with E-state index < -0.39 is 11.7 Å². The van der Waals surface area contributed by atoms with Gasteiger partial charge in [-0.15, -0.1) is 5.10 Å². The van der Waals surface area contributed by atoms with Crippen LogP contribution in [0.25, 0.3) is 17.1 Å². The van der Waals surface area contributed by atoms with Crippen molar-refractivity contribution < 1.29 is 13.9 Å². The summed E-state index contributed by atoms with van der Waals surface area (Å²) in [5.74, 6) is -0.177. The third-order valence-electron chi connectivity index (χ3n) is 4.42. The molecule has 1 heterocycles. The van der Waals surface area contributed by atoms with Gasteiger partial charge in [-0.05, 0) is 54.6 Å². The Labute approximate surface area is 187 Å². The van der Waals surface area contributed by atoms with Crippen LogP contribution in [0.5, 0.6) is 5.75 Å². The molecule has 0 radical (unpaired) electrons. The normalized spacial score (nSPS) is 10.7. The van der Waals surface area contributed by atoms with Crippen LogP contribution in [0.15, 0.2) is 66.7 Å². The summed E-state index contributed by atoms with van der Waals surface area (Å²) in [5, 5.41) is 7.80. The molecular weight excluding hydrogens is 442 g/mol. The Balaban J connectivity index is 1.78. The molecule has 0 unspecified atom stereocenters. The number of halogens is 3. The molecule has 0 spiro atoms. The number of rotatable bonds is 5. The van der Waals surface area contributed by atoms with Crippen LogP contribution >= 0.6 is 23.2 Å². The van der Waals surface area contributed by atoms with Crippen LogP contribution in [0, 0.1) is 5.82 Å². The minimum Gasteiger partial charge on any atom is -0.495 e. The number of carbonyl (C=O) groups excluding carboxylic acids is 1. The molecule has 0 atom stereocenters. The lowest BCUT2D eigenvalue weighted by molar-refractivity contribution is 0.101. The number of amides is 1. The van der Waals surface area contributed by atoms with Crippen LogP contribution in [0.1, 0.15) is 10.6 Å². The molecule has 0 bridgehead atoms. The van der Waals surface area contributed by atoms with Crippen molar-refractivity contribution in [2.75, 3.05) is 12.4 Å². The molecule has 0 saturated heterocycles. The smallest absolute Gasteiger partial charge is 0.295 e. The van der Waals surface area contributed by atoms with Crippen LogP contribution in [0.3, 0.4) is 0 Å². The van der Waals surface area contributed by atoms with E-state index in [1.165, 1.54) is 23.9 Å². The summed E-state index contributed by atoms with van der Waals surface area (Å²) >= 11 is 12.2. The van der Waals surface area contributed by atoms with E-state index in [1.807, 2.05) is 0 Å². The van der Waals surface area contributed by atoms with E-state index in [2.05, 4.69) is 15.4 Å². The van der Waals surface area contributed by atoms with Crippen molar-refractivity contribution in [2.24, 2.45) is 0 Å². The lowest BCUT2D eigenvalue weighted by Gasteiger charge is -2.08. The number of nitrogens with one attached hydrogen (secondary N) is 1. The number of methoxy groups -OCH3 is 1. The predicted octanol–water partition coefficient (Wildman–Crippen LogP) is 5.64. The third kappa shape index (κ3) is 4.38. The Bertz CT molecular complexity index is 1260. The van der Waals surface area contributed by atoms with Crippen LogP contribution in [-0.2, 0) is 0 Å². The fourth-order valence-corrected chi connectivity index (χ4v) is 3.21. The number of benzene rings is 3. The number of hydrogen-bond donors (Lipinski definition) is 1. The van der Waals surface area contributed by atoms with Crippen molar-refractivity contribution in [3.05, 3.63) is 88.4 Å². The molecular formula is C22H15Cl2FN4O2. The van der Waals surface area contributed by atoms with Crippen molar-refractivity contribution in [1.82, 2.24) is 14.8 Å². The SMILES string of the molecule is COc1ccccc1NC(=O)c1nc(-c2ccc(F)cc2)n(-c2ccc(Cl)c(Cl)c2)n1. The zero-order valence-electron chi connectivity index (χ0n) is 16.1. The fraction of sp³-hybridized carbons (Fsp3) is 0.0455. The van der Waals surface area contributed by atoms with Gasteiger partial charge in [-0.1, -0.05) is 35.3 Å². The van der Waals surface area contributed by atoms with E-state index in [9.17, 15) is 9.18 Å². The van der Waals surface area contributed by atoms with E-state index in [4.69, 9.17) is 27.9 Å². The van der Waals surface area contributed by atoms with Crippen molar-refractivity contribution >= 4 is 34.8 Å². The van der Waals surface area contributed by atoms with Crippen LogP contribution < -0.4 is 10.1 Å². The van der Waals surface area contributed by atoms with Crippen molar-refractivity contribution in [3.63, 3.8) is 0 Å². The first-order chi connectivity index (χ1) is 15.0. The average molecular weight is 457 g/mol. The Morgan fingerprint density at radius 2 is 1.77 bits per heavy atom. The first kappa shape index (κ1) is 20.8. The van der Waals surface area contributed by atoms with Gasteiger partial charge in [0.2, 0.25) is 5.82 Å². The maximum absolute atomic E-state index is 13.4. The fourth-order valence-electron chi connectivity index (χ4n) is 2.92. The van der Waals surface area contributed by atoms with Crippen molar-refractivity contribution in [1.29, 1.82) is 0 Å². The number of nitrogens with zero attached hydrogens (tertiary/aromatic N) is 3. The summed E-state index contributed by atoms with van der Waals surface area (Å²) in [6, 6.07) is 17.6. The van der Waals surface area contributed by atoms with Gasteiger partial charge in [-0.3, -0.25) is 4.79 Å². The lowest BCUT2D eigenvalue weighted by atomic mass is 10.2. The average Bonchev–Trinajstić information content (AvgIpc) is 3.22. The minimum atomic E-state index is -0.535. The van der Waals surface area contributed by atoms with Crippen molar-refractivity contribution in [3.8, 4) is 22.8 Å². The zero-order chi connectivity index (χ0) is 22.0. The molecule has 0 fully saturated rings. The zero-order valence-corrected chi connectivity index (χ0v) is 17.7. The van der Waals surface area contributed by atoms with Gasteiger partial charge in [-0.25, -0.2) is 14.1 Å². The molecule has 1 aromatic heterocycles. The molecule has 0 aliphatic heterocycles. The Morgan fingerprint density at radius 1 is 1.03 bits per heavy atom. The molecule has 1 N–H and O–H groups in total. The monoisotopic (exact) mass is 456 g/mol. The molecule has 31 heavy (non-hydrogen) atoms. The summed E-state index contributed by atoms with van der Waals surface area (Å²) in [7, 11) is 1.51. The van der Waals surface area contributed by atoms with E-state index in [1.54, 1.807) is 54.6 Å². The quantitative estimate of drug-likeness (QED) is 0.421. The largest absolute Gasteiger partial charge is 0.495 e. The molecule has 156 valence electrons. The van der Waals surface area contributed by atoms with Crippen LogP contribution in [0.2, 0.25) is 10.0 Å². The van der Waals surface area contributed by atoms with Gasteiger partial charge >= 0.3 is 0 Å². The van der Waals surface area contributed by atoms with Crippen molar-refractivity contribution in [2.45, 2.75) is 0 Å². The lowest BCUT2D eigenvalue weighted by Crippen LogP contribution is -2.15. The molecule has 3 aromatic carbocycles. The highest BCUT2D eigenvalue weighted by atomic mass is 35.5. The number of para-hydroxylation sites is 2. The molecule has 4 rings (SSSR count). The topological polar surface area (TPSA) is 69.0 Å². The number of carbonyl (C=O) groups is 1. The number of anilines is 1. The molecule has 4 aromatic rings. The van der Waals surface area contributed by atoms with E-state index in [-0.39, 0.29) is 5.82 Å². The number of aromatic nitrogens is 3. The van der Waals surface area contributed by atoms with E-state index in [0.717, 1.165) is 0 Å². The minimum absolute atomic E-state index is 0.0868. The van der Waals surface area contributed by atoms with Gasteiger partial charge < -0.3 is 10.1 Å². The summed E-state index contributed by atoms with van der Waals surface area (Å²) < 4.78 is 20.1. The number of hydrogen-bond acceptors (Lipinski definition) is 4. The molecule has 6 nitrogen and oxygen atoms in total. The first-order valence-corrected chi connectivity index (χ1v) is 9.84. The summed E-state index contributed by atoms with van der Waals surface area (Å²) in [4.78, 5) is 17.3. The Hall–Kier alpha value is -3.42.